The zero-order valence-corrected chi connectivity index (χ0v) is 10.3. The predicted molar refractivity (Wildman–Crippen MR) is 63.5 cm³/mol. The standard InChI is InChI=1S/C13H28O/c1-4-5-10-13(2,3)11-8-6-7-9-12-14/h14H,4-12H2,1-3H3. The first-order valence-corrected chi connectivity index (χ1v) is 6.23. The Morgan fingerprint density at radius 1 is 0.857 bits per heavy atom. The summed E-state index contributed by atoms with van der Waals surface area (Å²) in [6, 6.07) is 0. The van der Waals surface area contributed by atoms with E-state index in [1.54, 1.807) is 0 Å². The van der Waals surface area contributed by atoms with Gasteiger partial charge in [0, 0.05) is 6.61 Å². The molecule has 0 fully saturated rings. The lowest BCUT2D eigenvalue weighted by Gasteiger charge is -2.24. The van der Waals surface area contributed by atoms with E-state index in [0.717, 1.165) is 6.42 Å². The molecule has 0 bridgehead atoms. The molecule has 0 spiro atoms. The smallest absolute Gasteiger partial charge is 0.0431 e. The molecule has 0 amide bonds. The number of aliphatic hydroxyl groups is 1. The summed E-state index contributed by atoms with van der Waals surface area (Å²) in [4.78, 5) is 0. The highest BCUT2D eigenvalue weighted by molar-refractivity contribution is 4.68. The van der Waals surface area contributed by atoms with E-state index in [0.29, 0.717) is 12.0 Å². The van der Waals surface area contributed by atoms with Crippen LogP contribution in [-0.4, -0.2) is 11.7 Å². The molecule has 0 aliphatic heterocycles. The van der Waals surface area contributed by atoms with Gasteiger partial charge in [0.05, 0.1) is 0 Å². The van der Waals surface area contributed by atoms with E-state index in [2.05, 4.69) is 20.8 Å². The summed E-state index contributed by atoms with van der Waals surface area (Å²) in [5.41, 5.74) is 0.537. The van der Waals surface area contributed by atoms with Crippen LogP contribution in [0.4, 0.5) is 0 Å². The summed E-state index contributed by atoms with van der Waals surface area (Å²) in [7, 11) is 0. The Kier molecular flexibility index (Phi) is 8.26. The van der Waals surface area contributed by atoms with Crippen LogP contribution in [0, 0.1) is 5.41 Å². The van der Waals surface area contributed by atoms with E-state index in [9.17, 15) is 0 Å². The third-order valence-electron chi connectivity index (χ3n) is 2.97. The summed E-state index contributed by atoms with van der Waals surface area (Å²) >= 11 is 0. The molecule has 14 heavy (non-hydrogen) atoms. The summed E-state index contributed by atoms with van der Waals surface area (Å²) in [6.07, 6.45) is 10.2. The van der Waals surface area contributed by atoms with Gasteiger partial charge in [-0.25, -0.2) is 0 Å². The quantitative estimate of drug-likeness (QED) is 0.554. The van der Waals surface area contributed by atoms with E-state index >= 15 is 0 Å². The van der Waals surface area contributed by atoms with E-state index in [1.807, 2.05) is 0 Å². The highest BCUT2D eigenvalue weighted by Crippen LogP contribution is 2.29. The Morgan fingerprint density at radius 3 is 2.00 bits per heavy atom. The first kappa shape index (κ1) is 14.0. The Balaban J connectivity index is 3.35. The van der Waals surface area contributed by atoms with Crippen LogP contribution in [0.15, 0.2) is 0 Å². The van der Waals surface area contributed by atoms with Crippen LogP contribution in [0.3, 0.4) is 0 Å². The second-order valence-electron chi connectivity index (χ2n) is 5.16. The summed E-state index contributed by atoms with van der Waals surface area (Å²) in [6.45, 7) is 7.39. The second kappa shape index (κ2) is 8.28. The van der Waals surface area contributed by atoms with Gasteiger partial charge in [0.15, 0.2) is 0 Å². The van der Waals surface area contributed by atoms with E-state index < -0.39 is 0 Å². The van der Waals surface area contributed by atoms with Crippen molar-refractivity contribution in [2.24, 2.45) is 5.41 Å². The monoisotopic (exact) mass is 200 g/mol. The van der Waals surface area contributed by atoms with E-state index in [4.69, 9.17) is 5.11 Å². The lowest BCUT2D eigenvalue weighted by molar-refractivity contribution is 0.269. The minimum absolute atomic E-state index is 0.360. The predicted octanol–water partition coefficient (Wildman–Crippen LogP) is 4.15. The topological polar surface area (TPSA) is 20.2 Å². The zero-order valence-electron chi connectivity index (χ0n) is 10.3. The van der Waals surface area contributed by atoms with Crippen molar-refractivity contribution < 1.29 is 5.11 Å². The largest absolute Gasteiger partial charge is 0.396 e. The van der Waals surface area contributed by atoms with Crippen molar-refractivity contribution in [2.75, 3.05) is 6.61 Å². The molecule has 0 saturated carbocycles. The van der Waals surface area contributed by atoms with Gasteiger partial charge >= 0.3 is 0 Å². The Morgan fingerprint density at radius 2 is 1.43 bits per heavy atom. The first-order valence-electron chi connectivity index (χ1n) is 6.23. The van der Waals surface area contributed by atoms with Gasteiger partial charge in [0.1, 0.15) is 0 Å². The van der Waals surface area contributed by atoms with E-state index in [-0.39, 0.29) is 0 Å². The molecule has 0 aliphatic carbocycles. The van der Waals surface area contributed by atoms with Crippen molar-refractivity contribution in [3.63, 3.8) is 0 Å². The van der Waals surface area contributed by atoms with Crippen molar-refractivity contribution in [1.82, 2.24) is 0 Å². The number of rotatable bonds is 9. The number of unbranched alkanes of at least 4 members (excludes halogenated alkanes) is 4. The molecular formula is C13H28O. The lowest BCUT2D eigenvalue weighted by atomic mass is 9.82. The maximum atomic E-state index is 8.64. The van der Waals surface area contributed by atoms with Gasteiger partial charge in [-0.05, 0) is 24.7 Å². The van der Waals surface area contributed by atoms with Crippen molar-refractivity contribution in [1.29, 1.82) is 0 Å². The normalized spacial score (nSPS) is 12.0. The van der Waals surface area contributed by atoms with Crippen LogP contribution in [0.5, 0.6) is 0 Å². The third kappa shape index (κ3) is 8.55. The summed E-state index contributed by atoms with van der Waals surface area (Å²) in [5, 5.41) is 8.64. The molecule has 0 rings (SSSR count). The first-order chi connectivity index (χ1) is 6.62. The molecule has 0 radical (unpaired) electrons. The van der Waals surface area contributed by atoms with Crippen LogP contribution in [0.2, 0.25) is 0 Å². The van der Waals surface area contributed by atoms with Crippen LogP contribution in [-0.2, 0) is 0 Å². The van der Waals surface area contributed by atoms with Gasteiger partial charge < -0.3 is 5.11 Å². The molecule has 0 aliphatic rings. The van der Waals surface area contributed by atoms with Crippen LogP contribution >= 0.6 is 0 Å². The van der Waals surface area contributed by atoms with Crippen molar-refractivity contribution >= 4 is 0 Å². The fourth-order valence-electron chi connectivity index (χ4n) is 1.85. The molecule has 1 heteroatoms. The van der Waals surface area contributed by atoms with Gasteiger partial charge in [-0.15, -0.1) is 0 Å². The summed E-state index contributed by atoms with van der Waals surface area (Å²) < 4.78 is 0. The van der Waals surface area contributed by atoms with Crippen molar-refractivity contribution in [3.05, 3.63) is 0 Å². The van der Waals surface area contributed by atoms with Gasteiger partial charge in [-0.2, -0.15) is 0 Å². The Hall–Kier alpha value is -0.0400. The number of hydrogen-bond donors (Lipinski definition) is 1. The average molecular weight is 200 g/mol. The molecule has 1 nitrogen and oxygen atoms in total. The second-order valence-corrected chi connectivity index (χ2v) is 5.16. The zero-order chi connectivity index (χ0) is 10.9. The molecule has 0 unspecified atom stereocenters. The number of aliphatic hydroxyl groups excluding tert-OH is 1. The van der Waals surface area contributed by atoms with Crippen LogP contribution in [0.25, 0.3) is 0 Å². The maximum absolute atomic E-state index is 8.64. The van der Waals surface area contributed by atoms with Crippen molar-refractivity contribution in [2.45, 2.75) is 72.1 Å². The summed E-state index contributed by atoms with van der Waals surface area (Å²) in [5.74, 6) is 0. The lowest BCUT2D eigenvalue weighted by Crippen LogP contribution is -2.10. The van der Waals surface area contributed by atoms with Gasteiger partial charge in [0.25, 0.3) is 0 Å². The van der Waals surface area contributed by atoms with Gasteiger partial charge in [-0.1, -0.05) is 52.9 Å². The molecule has 0 atom stereocenters. The van der Waals surface area contributed by atoms with Crippen LogP contribution in [0.1, 0.15) is 72.1 Å². The van der Waals surface area contributed by atoms with Crippen LogP contribution < -0.4 is 0 Å². The molecular weight excluding hydrogens is 172 g/mol. The Labute approximate surface area is 89.9 Å². The fourth-order valence-corrected chi connectivity index (χ4v) is 1.85. The minimum atomic E-state index is 0.360. The average Bonchev–Trinajstić information content (AvgIpc) is 2.15. The fraction of sp³-hybridized carbons (Fsp3) is 1.00. The Bertz CT molecular complexity index is 118. The highest BCUT2D eigenvalue weighted by atomic mass is 16.2. The minimum Gasteiger partial charge on any atom is -0.396 e. The number of hydrogen-bond acceptors (Lipinski definition) is 1. The van der Waals surface area contributed by atoms with Gasteiger partial charge in [0.2, 0.25) is 0 Å². The third-order valence-corrected chi connectivity index (χ3v) is 2.97. The molecule has 0 aromatic heterocycles. The van der Waals surface area contributed by atoms with Crippen molar-refractivity contribution in [3.8, 4) is 0 Å². The molecule has 0 saturated heterocycles. The molecule has 0 heterocycles. The molecule has 86 valence electrons. The molecule has 0 aromatic rings. The van der Waals surface area contributed by atoms with E-state index in [1.165, 1.54) is 44.9 Å². The SMILES string of the molecule is CCCCC(C)(C)CCCCCCO. The molecule has 0 aromatic carbocycles. The molecule has 1 N–H and O–H groups in total. The van der Waals surface area contributed by atoms with Gasteiger partial charge in [-0.3, -0.25) is 0 Å². The highest BCUT2D eigenvalue weighted by Gasteiger charge is 2.15. The maximum Gasteiger partial charge on any atom is 0.0431 e.